The molecule has 2 rings (SSSR count). The molecule has 0 amide bonds. The lowest BCUT2D eigenvalue weighted by molar-refractivity contribution is -0.187. The number of guanidine groups is 1. The lowest BCUT2D eigenvalue weighted by atomic mass is 10.2. The lowest BCUT2D eigenvalue weighted by Crippen LogP contribution is -2.57. The predicted octanol–water partition coefficient (Wildman–Crippen LogP) is 0.211. The van der Waals surface area contributed by atoms with Crippen LogP contribution in [0.25, 0.3) is 0 Å². The molecule has 1 fully saturated rings. The summed E-state index contributed by atoms with van der Waals surface area (Å²) in [4.78, 5) is 8.26. The molecule has 0 aliphatic carbocycles. The summed E-state index contributed by atoms with van der Waals surface area (Å²) in [6, 6.07) is 0. The Bertz CT molecular complexity index is 241. The zero-order valence-corrected chi connectivity index (χ0v) is 7.99. The van der Waals surface area contributed by atoms with E-state index >= 15 is 0 Å². The quantitative estimate of drug-likeness (QED) is 0.645. The third-order valence-electron chi connectivity index (χ3n) is 2.46. The van der Waals surface area contributed by atoms with Crippen LogP contribution in [-0.2, 0) is 4.74 Å². The van der Waals surface area contributed by atoms with Crippen molar-refractivity contribution in [3.63, 3.8) is 0 Å². The van der Waals surface area contributed by atoms with E-state index in [0.717, 1.165) is 19.0 Å². The topological polar surface area (TPSA) is 28.1 Å². The summed E-state index contributed by atoms with van der Waals surface area (Å²) in [6.07, 6.45) is -0.341. The average Bonchev–Trinajstić information content (AvgIpc) is 2.42. The molecule has 0 aromatic heterocycles. The number of alkyl halides is 2. The molecule has 0 aromatic rings. The first kappa shape index (κ1) is 9.64. The van der Waals surface area contributed by atoms with E-state index < -0.39 is 6.61 Å². The molecule has 0 aromatic carbocycles. The summed E-state index contributed by atoms with van der Waals surface area (Å²) in [5, 5.41) is 0. The maximum atomic E-state index is 11.8. The van der Waals surface area contributed by atoms with Gasteiger partial charge in [-0.15, -0.1) is 0 Å². The van der Waals surface area contributed by atoms with Crippen molar-refractivity contribution in [2.45, 2.75) is 12.7 Å². The van der Waals surface area contributed by atoms with Gasteiger partial charge in [-0.1, -0.05) is 0 Å². The summed E-state index contributed by atoms with van der Waals surface area (Å²) in [5.74, 6) is 0.902. The molecule has 0 unspecified atom stereocenters. The van der Waals surface area contributed by atoms with Crippen LogP contribution in [-0.4, -0.2) is 61.7 Å². The molecule has 0 radical (unpaired) electrons. The van der Waals surface area contributed by atoms with Crippen LogP contribution in [0, 0.1) is 0 Å². The summed E-state index contributed by atoms with van der Waals surface area (Å²) in [5.41, 5.74) is 0. The van der Waals surface area contributed by atoms with Crippen LogP contribution in [0.5, 0.6) is 0 Å². The Labute approximate surface area is 81.1 Å². The molecule has 14 heavy (non-hydrogen) atoms. The second-order valence-electron chi connectivity index (χ2n) is 3.53. The van der Waals surface area contributed by atoms with E-state index in [1.807, 2.05) is 16.8 Å². The predicted molar refractivity (Wildman–Crippen MR) is 47.4 cm³/mol. The Balaban J connectivity index is 1.77. The van der Waals surface area contributed by atoms with Crippen molar-refractivity contribution in [1.82, 2.24) is 9.80 Å². The van der Waals surface area contributed by atoms with Gasteiger partial charge >= 0.3 is 6.61 Å². The van der Waals surface area contributed by atoms with E-state index in [4.69, 9.17) is 0 Å². The molecule has 0 bridgehead atoms. The maximum absolute atomic E-state index is 11.8. The van der Waals surface area contributed by atoms with E-state index in [1.165, 1.54) is 0 Å². The fraction of sp³-hybridized carbons (Fsp3) is 0.875. The first-order valence-electron chi connectivity index (χ1n) is 4.61. The summed E-state index contributed by atoms with van der Waals surface area (Å²) < 4.78 is 28.0. The zero-order valence-electron chi connectivity index (χ0n) is 7.99. The van der Waals surface area contributed by atoms with E-state index in [-0.39, 0.29) is 6.10 Å². The monoisotopic (exact) mass is 205 g/mol. The zero-order chi connectivity index (χ0) is 10.1. The first-order chi connectivity index (χ1) is 6.66. The van der Waals surface area contributed by atoms with Gasteiger partial charge in [0.15, 0.2) is 5.96 Å². The van der Waals surface area contributed by atoms with Gasteiger partial charge in [-0.05, 0) is 0 Å². The van der Waals surface area contributed by atoms with Crippen molar-refractivity contribution in [1.29, 1.82) is 0 Å². The minimum atomic E-state index is -2.66. The van der Waals surface area contributed by atoms with Crippen molar-refractivity contribution in [2.24, 2.45) is 4.99 Å². The number of likely N-dealkylation sites (N-methyl/N-ethyl adjacent to an activating group) is 1. The van der Waals surface area contributed by atoms with E-state index in [9.17, 15) is 8.78 Å². The van der Waals surface area contributed by atoms with E-state index in [2.05, 4.69) is 9.73 Å². The van der Waals surface area contributed by atoms with Gasteiger partial charge in [0.25, 0.3) is 0 Å². The smallest absolute Gasteiger partial charge is 0.344 e. The summed E-state index contributed by atoms with van der Waals surface area (Å²) in [7, 11) is 1.95. The highest BCUT2D eigenvalue weighted by Crippen LogP contribution is 2.17. The molecule has 0 spiro atoms. The second kappa shape index (κ2) is 3.68. The van der Waals surface area contributed by atoms with Crippen LogP contribution in [0.2, 0.25) is 0 Å². The molecule has 6 heteroatoms. The fourth-order valence-corrected chi connectivity index (χ4v) is 1.70. The number of likely N-dealkylation sites (tertiary alicyclic amines) is 1. The number of halogens is 2. The Morgan fingerprint density at radius 1 is 1.50 bits per heavy atom. The molecule has 0 atom stereocenters. The van der Waals surface area contributed by atoms with Gasteiger partial charge in [0.2, 0.25) is 0 Å². The fourth-order valence-electron chi connectivity index (χ4n) is 1.70. The van der Waals surface area contributed by atoms with Gasteiger partial charge in [0.1, 0.15) is 0 Å². The molecule has 2 heterocycles. The standard InChI is InChI=1S/C8H13F2N3O/c1-12-3-2-11-8(12)13-4-6(5-13)14-7(9)10/h6-7H,2-5H2,1H3. The Morgan fingerprint density at radius 2 is 2.21 bits per heavy atom. The SMILES string of the molecule is CN1CCN=C1N1CC(OC(F)F)C1. The molecular formula is C8H13F2N3O. The molecule has 4 nitrogen and oxygen atoms in total. The highest BCUT2D eigenvalue weighted by Gasteiger charge is 2.34. The van der Waals surface area contributed by atoms with E-state index in [1.54, 1.807) is 0 Å². The lowest BCUT2D eigenvalue weighted by Gasteiger charge is -2.41. The van der Waals surface area contributed by atoms with Crippen LogP contribution in [0.3, 0.4) is 0 Å². The Hall–Kier alpha value is -0.910. The van der Waals surface area contributed by atoms with Crippen molar-refractivity contribution in [2.75, 3.05) is 33.2 Å². The normalized spacial score (nSPS) is 23.0. The molecule has 2 aliphatic rings. The number of hydrogen-bond donors (Lipinski definition) is 0. The largest absolute Gasteiger partial charge is 0.345 e. The molecule has 1 saturated heterocycles. The van der Waals surface area contributed by atoms with Crippen LogP contribution in [0.4, 0.5) is 8.78 Å². The van der Waals surface area contributed by atoms with Crippen LogP contribution < -0.4 is 0 Å². The van der Waals surface area contributed by atoms with Crippen molar-refractivity contribution in [3.05, 3.63) is 0 Å². The van der Waals surface area contributed by atoms with Gasteiger partial charge in [-0.3, -0.25) is 4.99 Å². The second-order valence-corrected chi connectivity index (χ2v) is 3.53. The Kier molecular flexibility index (Phi) is 2.54. The third-order valence-corrected chi connectivity index (χ3v) is 2.46. The van der Waals surface area contributed by atoms with Gasteiger partial charge in [-0.25, -0.2) is 0 Å². The van der Waals surface area contributed by atoms with Gasteiger partial charge < -0.3 is 14.5 Å². The van der Waals surface area contributed by atoms with Crippen molar-refractivity contribution >= 4 is 5.96 Å². The van der Waals surface area contributed by atoms with Gasteiger partial charge in [-0.2, -0.15) is 8.78 Å². The van der Waals surface area contributed by atoms with Crippen molar-refractivity contribution in [3.8, 4) is 0 Å². The highest BCUT2D eigenvalue weighted by molar-refractivity contribution is 5.82. The molecule has 0 N–H and O–H groups in total. The molecular weight excluding hydrogens is 192 g/mol. The highest BCUT2D eigenvalue weighted by atomic mass is 19.3. The third kappa shape index (κ3) is 1.79. The number of aliphatic imine (C=N–C) groups is 1. The summed E-state index contributed by atoms with van der Waals surface area (Å²) in [6.45, 7) is 0.0843. The van der Waals surface area contributed by atoms with Crippen LogP contribution in [0.15, 0.2) is 4.99 Å². The molecule has 80 valence electrons. The minimum Gasteiger partial charge on any atom is -0.344 e. The summed E-state index contributed by atoms with van der Waals surface area (Å²) >= 11 is 0. The number of ether oxygens (including phenoxy) is 1. The first-order valence-corrected chi connectivity index (χ1v) is 4.61. The molecule has 0 saturated carbocycles. The number of nitrogens with zero attached hydrogens (tertiary/aromatic N) is 3. The number of rotatable bonds is 2. The van der Waals surface area contributed by atoms with Crippen LogP contribution in [0.1, 0.15) is 0 Å². The van der Waals surface area contributed by atoms with Gasteiger partial charge in [0, 0.05) is 26.7 Å². The van der Waals surface area contributed by atoms with Crippen molar-refractivity contribution < 1.29 is 13.5 Å². The molecule has 2 aliphatic heterocycles. The van der Waals surface area contributed by atoms with Gasteiger partial charge in [0.05, 0.1) is 12.6 Å². The van der Waals surface area contributed by atoms with E-state index in [0.29, 0.717) is 13.1 Å². The number of hydrogen-bond acceptors (Lipinski definition) is 4. The maximum Gasteiger partial charge on any atom is 0.345 e. The Morgan fingerprint density at radius 3 is 2.71 bits per heavy atom. The van der Waals surface area contributed by atoms with Crippen LogP contribution >= 0.6 is 0 Å². The average molecular weight is 205 g/mol. The minimum absolute atomic E-state index is 0.341.